The number of nitrogens with one attached hydrogen (secondary N) is 2. The molecule has 1 saturated carbocycles. The summed E-state index contributed by atoms with van der Waals surface area (Å²) in [7, 11) is 0. The van der Waals surface area contributed by atoms with E-state index in [0.717, 1.165) is 42.7 Å². The van der Waals surface area contributed by atoms with Gasteiger partial charge < -0.3 is 15.5 Å². The first kappa shape index (κ1) is 20.6. The Kier molecular flexibility index (Phi) is 6.60. The summed E-state index contributed by atoms with van der Waals surface area (Å²) in [6.45, 7) is 11.8. The Morgan fingerprint density at radius 1 is 1.11 bits per heavy atom. The highest BCUT2D eigenvalue weighted by atomic mass is 16.2. The van der Waals surface area contributed by atoms with Crippen molar-refractivity contribution in [2.45, 2.75) is 52.6 Å². The number of carbonyl (C=O) groups is 2. The van der Waals surface area contributed by atoms with Crippen LogP contribution in [-0.4, -0.2) is 66.4 Å². The molecule has 2 N–H and O–H groups in total. The van der Waals surface area contributed by atoms with Crippen molar-refractivity contribution in [3.63, 3.8) is 0 Å². The van der Waals surface area contributed by atoms with E-state index in [2.05, 4.69) is 36.3 Å². The summed E-state index contributed by atoms with van der Waals surface area (Å²) in [5, 5.41) is 6.56. The zero-order valence-electron chi connectivity index (χ0n) is 17.6. The molecule has 0 aromatic heterocycles. The second kappa shape index (κ2) is 8.95. The van der Waals surface area contributed by atoms with Crippen molar-refractivity contribution in [1.29, 1.82) is 0 Å². The number of hydrogen-bond acceptors (Lipinski definition) is 4. The molecule has 1 unspecified atom stereocenters. The summed E-state index contributed by atoms with van der Waals surface area (Å²) in [5.41, 5.74) is 2.80. The molecule has 6 nitrogen and oxygen atoms in total. The lowest BCUT2D eigenvalue weighted by Gasteiger charge is -2.34. The number of amides is 2. The molecular weight excluding hydrogens is 352 g/mol. The minimum Gasteiger partial charge on any atom is -0.382 e. The number of rotatable bonds is 7. The summed E-state index contributed by atoms with van der Waals surface area (Å²) in [5.74, 6) is 0.709. The Balaban J connectivity index is 1.56. The lowest BCUT2D eigenvalue weighted by Crippen LogP contribution is -2.51. The first-order chi connectivity index (χ1) is 13.3. The summed E-state index contributed by atoms with van der Waals surface area (Å²) in [6, 6.07) is 6.65. The third-order valence-corrected chi connectivity index (χ3v) is 5.92. The van der Waals surface area contributed by atoms with Crippen LogP contribution in [-0.2, 0) is 4.79 Å². The van der Waals surface area contributed by atoms with Gasteiger partial charge in [0.1, 0.15) is 0 Å². The first-order valence-electron chi connectivity index (χ1n) is 10.5. The monoisotopic (exact) mass is 386 g/mol. The van der Waals surface area contributed by atoms with E-state index >= 15 is 0 Å². The van der Waals surface area contributed by atoms with Crippen LogP contribution < -0.4 is 10.6 Å². The Bertz CT molecular complexity index is 706. The van der Waals surface area contributed by atoms with E-state index in [1.165, 1.54) is 0 Å². The van der Waals surface area contributed by atoms with Crippen LogP contribution in [0, 0.1) is 12.8 Å². The van der Waals surface area contributed by atoms with Gasteiger partial charge in [0.05, 0.1) is 6.54 Å². The van der Waals surface area contributed by atoms with Crippen molar-refractivity contribution in [2.75, 3.05) is 38.0 Å². The van der Waals surface area contributed by atoms with Crippen LogP contribution in [0.25, 0.3) is 0 Å². The van der Waals surface area contributed by atoms with Gasteiger partial charge in [-0.25, -0.2) is 0 Å². The van der Waals surface area contributed by atoms with E-state index in [0.29, 0.717) is 37.6 Å². The highest BCUT2D eigenvalue weighted by Crippen LogP contribution is 2.23. The minimum absolute atomic E-state index is 0.0837. The Hall–Kier alpha value is -2.08. The predicted octanol–water partition coefficient (Wildman–Crippen LogP) is 2.49. The van der Waals surface area contributed by atoms with Crippen molar-refractivity contribution < 1.29 is 9.59 Å². The number of piperazine rings is 1. The normalized spacial score (nSPS) is 18.8. The Morgan fingerprint density at radius 2 is 1.79 bits per heavy atom. The van der Waals surface area contributed by atoms with Gasteiger partial charge in [-0.3, -0.25) is 14.5 Å². The van der Waals surface area contributed by atoms with E-state index in [4.69, 9.17) is 0 Å². The molecule has 1 aromatic rings. The average molecular weight is 387 g/mol. The number of benzene rings is 1. The van der Waals surface area contributed by atoms with Crippen LogP contribution in [0.15, 0.2) is 18.2 Å². The third-order valence-electron chi connectivity index (χ3n) is 5.92. The molecule has 0 bridgehead atoms. The largest absolute Gasteiger partial charge is 0.382 e. The molecule has 6 heteroatoms. The van der Waals surface area contributed by atoms with Gasteiger partial charge in [0.25, 0.3) is 5.91 Å². The molecule has 154 valence electrons. The van der Waals surface area contributed by atoms with Gasteiger partial charge >= 0.3 is 0 Å². The molecule has 1 saturated heterocycles. The Labute approximate surface area is 168 Å². The SMILES string of the molecule is Cc1c(NC(C)C(C)C)cccc1C(=O)N1CCN(CC(=O)NC2CC2)CC1. The number of hydrogen-bond donors (Lipinski definition) is 2. The van der Waals surface area contributed by atoms with Gasteiger partial charge in [0.2, 0.25) is 5.91 Å². The number of anilines is 1. The average Bonchev–Trinajstić information content (AvgIpc) is 3.47. The standard InChI is InChI=1S/C22H34N4O2/c1-15(2)17(4)23-20-7-5-6-19(16(20)3)22(28)26-12-10-25(11-13-26)14-21(27)24-18-8-9-18/h5-7,15,17-18,23H,8-14H2,1-4H3,(H,24,27). The maximum atomic E-state index is 13.1. The highest BCUT2D eigenvalue weighted by molar-refractivity contribution is 5.97. The van der Waals surface area contributed by atoms with Crippen LogP contribution in [0.4, 0.5) is 5.69 Å². The van der Waals surface area contributed by atoms with Crippen molar-refractivity contribution in [3.8, 4) is 0 Å². The Morgan fingerprint density at radius 3 is 2.39 bits per heavy atom. The van der Waals surface area contributed by atoms with E-state index in [9.17, 15) is 9.59 Å². The topological polar surface area (TPSA) is 64.7 Å². The summed E-state index contributed by atoms with van der Waals surface area (Å²) in [6.07, 6.45) is 2.22. The molecule has 28 heavy (non-hydrogen) atoms. The molecule has 1 aliphatic carbocycles. The van der Waals surface area contributed by atoms with Crippen molar-refractivity contribution in [1.82, 2.24) is 15.1 Å². The fourth-order valence-corrected chi connectivity index (χ4v) is 3.42. The summed E-state index contributed by atoms with van der Waals surface area (Å²) < 4.78 is 0. The minimum atomic E-state index is 0.0837. The molecular formula is C22H34N4O2. The number of nitrogens with zero attached hydrogens (tertiary/aromatic N) is 2. The van der Waals surface area contributed by atoms with Gasteiger partial charge in [0, 0.05) is 49.5 Å². The van der Waals surface area contributed by atoms with Gasteiger partial charge in [-0.2, -0.15) is 0 Å². The highest BCUT2D eigenvalue weighted by Gasteiger charge is 2.27. The molecule has 1 aliphatic heterocycles. The molecule has 0 radical (unpaired) electrons. The van der Waals surface area contributed by atoms with E-state index < -0.39 is 0 Å². The fraction of sp³-hybridized carbons (Fsp3) is 0.636. The van der Waals surface area contributed by atoms with Crippen molar-refractivity contribution in [2.24, 2.45) is 5.92 Å². The molecule has 1 aromatic carbocycles. The lowest BCUT2D eigenvalue weighted by molar-refractivity contribution is -0.122. The molecule has 1 atom stereocenters. The maximum Gasteiger partial charge on any atom is 0.254 e. The summed E-state index contributed by atoms with van der Waals surface area (Å²) >= 11 is 0. The van der Waals surface area contributed by atoms with Gasteiger partial charge in [-0.05, 0) is 50.3 Å². The van der Waals surface area contributed by atoms with E-state index in [1.54, 1.807) is 0 Å². The van der Waals surface area contributed by atoms with Crippen LogP contribution in [0.2, 0.25) is 0 Å². The van der Waals surface area contributed by atoms with Crippen LogP contribution in [0.5, 0.6) is 0 Å². The zero-order valence-corrected chi connectivity index (χ0v) is 17.6. The van der Waals surface area contributed by atoms with Crippen molar-refractivity contribution in [3.05, 3.63) is 29.3 Å². The van der Waals surface area contributed by atoms with Gasteiger partial charge in [-0.15, -0.1) is 0 Å². The predicted molar refractivity (Wildman–Crippen MR) is 113 cm³/mol. The molecule has 0 spiro atoms. The molecule has 2 aliphatic rings. The second-order valence-electron chi connectivity index (χ2n) is 8.57. The smallest absolute Gasteiger partial charge is 0.254 e. The summed E-state index contributed by atoms with van der Waals surface area (Å²) in [4.78, 5) is 29.1. The number of carbonyl (C=O) groups excluding carboxylic acids is 2. The fourth-order valence-electron chi connectivity index (χ4n) is 3.42. The lowest BCUT2D eigenvalue weighted by atomic mass is 10.0. The quantitative estimate of drug-likeness (QED) is 0.756. The molecule has 2 fully saturated rings. The van der Waals surface area contributed by atoms with Crippen LogP contribution >= 0.6 is 0 Å². The second-order valence-corrected chi connectivity index (χ2v) is 8.57. The molecule has 2 amide bonds. The van der Waals surface area contributed by atoms with Crippen molar-refractivity contribution >= 4 is 17.5 Å². The van der Waals surface area contributed by atoms with E-state index in [1.807, 2.05) is 30.0 Å². The van der Waals surface area contributed by atoms with Gasteiger partial charge in [-0.1, -0.05) is 19.9 Å². The molecule has 1 heterocycles. The third kappa shape index (κ3) is 5.25. The van der Waals surface area contributed by atoms with Gasteiger partial charge in [0.15, 0.2) is 0 Å². The zero-order chi connectivity index (χ0) is 20.3. The molecule has 3 rings (SSSR count). The first-order valence-corrected chi connectivity index (χ1v) is 10.5. The maximum absolute atomic E-state index is 13.1. The van der Waals surface area contributed by atoms with Crippen LogP contribution in [0.1, 0.15) is 49.5 Å². The van der Waals surface area contributed by atoms with Crippen LogP contribution in [0.3, 0.4) is 0 Å². The van der Waals surface area contributed by atoms with E-state index in [-0.39, 0.29) is 11.8 Å².